The molecule has 0 bridgehead atoms. The number of hydrogen-bond acceptors (Lipinski definition) is 14. The summed E-state index contributed by atoms with van der Waals surface area (Å²) in [5.74, 6) is 1.43. The van der Waals surface area contributed by atoms with Gasteiger partial charge in [-0.15, -0.1) is 0 Å². The van der Waals surface area contributed by atoms with E-state index in [2.05, 4.69) is 23.6 Å². The Kier molecular flexibility index (Phi) is 46.8. The van der Waals surface area contributed by atoms with Crippen molar-refractivity contribution in [1.29, 1.82) is 0 Å². The summed E-state index contributed by atoms with van der Waals surface area (Å²) in [4.78, 5) is 56.5. The molecule has 0 saturated carbocycles. The number of rotatable bonds is 60. The van der Waals surface area contributed by atoms with Gasteiger partial charge in [0.05, 0.1) is 85.5 Å². The third-order valence-electron chi connectivity index (χ3n) is 25.2. The second-order valence-electron chi connectivity index (χ2n) is 34.2. The van der Waals surface area contributed by atoms with Crippen molar-refractivity contribution in [2.45, 2.75) is 479 Å². The van der Waals surface area contributed by atoms with Crippen LogP contribution in [0.2, 0.25) is 0 Å². The maximum atomic E-state index is 13.8. The number of nitrogens with zero attached hydrogens (tertiary/aromatic N) is 2. The minimum atomic E-state index is -0.506. The minimum absolute atomic E-state index is 0.00958. The van der Waals surface area contributed by atoms with Crippen molar-refractivity contribution < 1.29 is 68.8 Å². The zero-order valence-corrected chi connectivity index (χ0v) is 66.4. The van der Waals surface area contributed by atoms with Crippen LogP contribution in [-0.2, 0) is 38.1 Å². The van der Waals surface area contributed by atoms with Gasteiger partial charge in [-0.3, -0.25) is 9.59 Å². The molecular formula is C87H158N2O14. The highest BCUT2D eigenvalue weighted by Crippen LogP contribution is 2.38. The highest BCUT2D eigenvalue weighted by atomic mass is 16.6. The van der Waals surface area contributed by atoms with Gasteiger partial charge in [0.2, 0.25) is 11.8 Å². The number of ketones is 2. The largest absolute Gasteiger partial charge is 0.393 e. The van der Waals surface area contributed by atoms with Crippen LogP contribution >= 0.6 is 0 Å². The monoisotopic (exact) mass is 1460 g/mol. The maximum Gasteiger partial charge on any atom is 0.226 e. The molecule has 16 atom stereocenters. The summed E-state index contributed by atoms with van der Waals surface area (Å²) in [5, 5.41) is 64.3. The van der Waals surface area contributed by atoms with Crippen LogP contribution in [0.25, 0.3) is 0 Å². The number of aliphatic hydroxyl groups is 6. The first-order valence-electron chi connectivity index (χ1n) is 44.3. The molecular weight excluding hydrogens is 1300 g/mol. The van der Waals surface area contributed by atoms with Gasteiger partial charge in [-0.25, -0.2) is 0 Å². The first-order chi connectivity index (χ1) is 50.0. The first kappa shape index (κ1) is 89.8. The summed E-state index contributed by atoms with van der Waals surface area (Å²) < 4.78 is 25.4. The van der Waals surface area contributed by atoms with Gasteiger partial charge in [0.25, 0.3) is 0 Å². The maximum absolute atomic E-state index is 13.8. The van der Waals surface area contributed by atoms with Gasteiger partial charge < -0.3 is 69.0 Å². The lowest BCUT2D eigenvalue weighted by atomic mass is 9.85. The number of carbonyl (C=O) groups is 4. The van der Waals surface area contributed by atoms with E-state index < -0.39 is 24.4 Å². The molecule has 16 nitrogen and oxygen atoms in total. The molecule has 6 rings (SSSR count). The molecule has 6 heterocycles. The Morgan fingerprint density at radius 1 is 0.301 bits per heavy atom. The van der Waals surface area contributed by atoms with E-state index in [1.807, 2.05) is 0 Å². The Bertz CT molecular complexity index is 2040. The van der Waals surface area contributed by atoms with E-state index in [1.54, 1.807) is 13.8 Å². The molecule has 600 valence electrons. The Morgan fingerprint density at radius 2 is 0.544 bits per heavy atom. The third kappa shape index (κ3) is 36.5. The van der Waals surface area contributed by atoms with Gasteiger partial charge in [-0.05, 0) is 180 Å². The number of ether oxygens (including phenoxy) is 4. The van der Waals surface area contributed by atoms with Gasteiger partial charge in [0.1, 0.15) is 11.6 Å². The van der Waals surface area contributed by atoms with E-state index in [4.69, 9.17) is 18.9 Å². The number of carbonyl (C=O) groups excluding carboxylic acids is 4. The number of unbranched alkanes of at least 4 members (excludes halogenated alkanes) is 24. The second-order valence-corrected chi connectivity index (χ2v) is 34.2. The number of aliphatic hydroxyl groups excluding tert-OH is 6. The van der Waals surface area contributed by atoms with Crippen LogP contribution in [0.3, 0.4) is 0 Å². The Labute approximate surface area is 627 Å². The molecule has 6 aliphatic heterocycles. The molecule has 103 heavy (non-hydrogen) atoms. The Morgan fingerprint density at radius 3 is 0.825 bits per heavy atom. The molecule has 0 aromatic rings. The lowest BCUT2D eigenvalue weighted by Crippen LogP contribution is -2.42. The topological polar surface area (TPSA) is 233 Å². The molecule has 2 amide bonds. The SMILES string of the molecule is CCCCCC[C@H](O)CCC[C@H](O)[C@H]1CC[C@H]([C@H]2CC[C@H]([C@H](O)CCCCCCCCCCCCC(CC(C)=O)C(=O)N3CCC(CCCC4CCN(C(=O)C(CCCCCCCCCCCC[C@@H](O)[C@H]5CC[C@H]([C@H]6CC[C@H]([C@@H](O)CCC[C@@H](O)CCCCCC)O6)O5)CC(C)=O)CC4)CC3)O2)O1. The summed E-state index contributed by atoms with van der Waals surface area (Å²) in [7, 11) is 0. The average Bonchev–Trinajstić information content (AvgIpc) is 1.72. The zero-order chi connectivity index (χ0) is 73.8. The third-order valence-corrected chi connectivity index (χ3v) is 25.2. The van der Waals surface area contributed by atoms with Crippen LogP contribution in [-0.4, -0.2) is 175 Å². The minimum Gasteiger partial charge on any atom is -0.393 e. The van der Waals surface area contributed by atoms with Gasteiger partial charge in [-0.2, -0.15) is 0 Å². The molecule has 6 N–H and O–H groups in total. The molecule has 0 radical (unpaired) electrons. The number of Topliss-reactive ketones (excluding diaryl/α,β-unsaturated/α-hetero) is 2. The van der Waals surface area contributed by atoms with Crippen LogP contribution < -0.4 is 0 Å². The number of piperidine rings is 2. The molecule has 0 aromatic heterocycles. The zero-order valence-electron chi connectivity index (χ0n) is 66.4. The van der Waals surface area contributed by atoms with Crippen molar-refractivity contribution in [3.63, 3.8) is 0 Å². The molecule has 2 unspecified atom stereocenters. The van der Waals surface area contributed by atoms with Crippen LogP contribution in [0.1, 0.15) is 394 Å². The fourth-order valence-corrected chi connectivity index (χ4v) is 18.5. The van der Waals surface area contributed by atoms with Crippen molar-refractivity contribution in [2.75, 3.05) is 26.2 Å². The number of amides is 2. The average molecular weight is 1460 g/mol. The summed E-state index contributed by atoms with van der Waals surface area (Å²) in [6.45, 7) is 10.8. The molecule has 6 saturated heterocycles. The first-order valence-corrected chi connectivity index (χ1v) is 44.3. The van der Waals surface area contributed by atoms with Crippen LogP contribution in [0.15, 0.2) is 0 Å². The van der Waals surface area contributed by atoms with Crippen LogP contribution in [0.4, 0.5) is 0 Å². The number of hydrogen-bond donors (Lipinski definition) is 6. The molecule has 6 fully saturated rings. The van der Waals surface area contributed by atoms with Crippen molar-refractivity contribution in [3.05, 3.63) is 0 Å². The number of likely N-dealkylation sites (tertiary alicyclic amines) is 2. The van der Waals surface area contributed by atoms with Crippen molar-refractivity contribution >= 4 is 23.4 Å². The van der Waals surface area contributed by atoms with Gasteiger partial charge in [0, 0.05) is 50.9 Å². The second kappa shape index (κ2) is 53.7. The smallest absolute Gasteiger partial charge is 0.226 e. The van der Waals surface area contributed by atoms with Crippen molar-refractivity contribution in [2.24, 2.45) is 23.7 Å². The standard InChI is InChI=1S/C87H158N2O14/c1-5-7-9-29-40-72(92)42-34-46-76(96)80-50-54-84(102-80)82-52-48-78(100-82)74(94)44-31-25-21-17-13-11-15-19-23-27-38-70(64-66(3)90)86(98)88-60-56-68(57-61-88)36-33-37-69-58-62-89(63-59-69)87(99)71(65-67(4)91)39-28-24-20-16-12-14-18-22-26-32-45-75(95)79-49-53-83(101-79)85-55-51-81(103-85)77(97)47-35-43-73(93)41-30-10-8-6-2/h68-85,92-97H,5-65H2,1-4H3/t70?,71?,72-,73-,74+,75+,76-,77-,78+,79+,80+,81+,82+,83+,84+,85+/m0/s1. The normalized spacial score (nSPS) is 25.3. The van der Waals surface area contributed by atoms with Crippen LogP contribution in [0, 0.1) is 23.7 Å². The predicted octanol–water partition coefficient (Wildman–Crippen LogP) is 17.8. The molecule has 0 spiro atoms. The van der Waals surface area contributed by atoms with Gasteiger partial charge in [-0.1, -0.05) is 213 Å². The summed E-state index contributed by atoms with van der Waals surface area (Å²) in [5.41, 5.74) is 0. The van der Waals surface area contributed by atoms with Crippen LogP contribution in [0.5, 0.6) is 0 Å². The van der Waals surface area contributed by atoms with Gasteiger partial charge >= 0.3 is 0 Å². The Balaban J connectivity index is 0.699. The van der Waals surface area contributed by atoms with E-state index >= 15 is 0 Å². The lowest BCUT2D eigenvalue weighted by molar-refractivity contribution is -0.139. The van der Waals surface area contributed by atoms with Crippen molar-refractivity contribution in [1.82, 2.24) is 9.80 Å². The Hall–Kier alpha value is -2.12. The summed E-state index contributed by atoms with van der Waals surface area (Å²) in [6, 6.07) is 0. The van der Waals surface area contributed by atoms with Gasteiger partial charge in [0.15, 0.2) is 0 Å². The van der Waals surface area contributed by atoms with E-state index in [-0.39, 0.29) is 96.3 Å². The highest BCUT2D eigenvalue weighted by Gasteiger charge is 2.43. The van der Waals surface area contributed by atoms with E-state index in [0.29, 0.717) is 37.5 Å². The quantitative estimate of drug-likeness (QED) is 0.0311. The molecule has 0 aliphatic carbocycles. The van der Waals surface area contributed by atoms with E-state index in [0.717, 1.165) is 232 Å². The molecule has 6 aliphatic rings. The summed E-state index contributed by atoms with van der Waals surface area (Å²) in [6.07, 6.45) is 53.7. The molecule has 16 heteroatoms. The van der Waals surface area contributed by atoms with E-state index in [1.165, 1.54) is 135 Å². The predicted molar refractivity (Wildman–Crippen MR) is 414 cm³/mol. The fraction of sp³-hybridized carbons (Fsp3) is 0.954. The highest BCUT2D eigenvalue weighted by molar-refractivity contribution is 5.86. The van der Waals surface area contributed by atoms with E-state index in [9.17, 15) is 49.8 Å². The fourth-order valence-electron chi connectivity index (χ4n) is 18.5. The lowest BCUT2D eigenvalue weighted by Gasteiger charge is -2.35. The molecule has 0 aromatic carbocycles. The van der Waals surface area contributed by atoms with Crippen molar-refractivity contribution in [3.8, 4) is 0 Å². The summed E-state index contributed by atoms with van der Waals surface area (Å²) >= 11 is 0.